The Morgan fingerprint density at radius 3 is 2.65 bits per heavy atom. The van der Waals surface area contributed by atoms with Crippen molar-refractivity contribution in [3.05, 3.63) is 66.0 Å². The van der Waals surface area contributed by atoms with Crippen LogP contribution in [0.3, 0.4) is 0 Å². The zero-order valence-electron chi connectivity index (χ0n) is 11.9. The second-order valence-corrected chi connectivity index (χ2v) is 5.66. The summed E-state index contributed by atoms with van der Waals surface area (Å²) in [7, 11) is 0. The number of piperidine rings is 1. The molecule has 2 heterocycles. The number of likely N-dealkylation sites (tertiary alicyclic amines) is 1. The van der Waals surface area contributed by atoms with E-state index in [-0.39, 0.29) is 0 Å². The van der Waals surface area contributed by atoms with Gasteiger partial charge in [-0.15, -0.1) is 0 Å². The highest BCUT2D eigenvalue weighted by Gasteiger charge is 2.20. The summed E-state index contributed by atoms with van der Waals surface area (Å²) in [4.78, 5) is 6.69. The van der Waals surface area contributed by atoms with Crippen molar-refractivity contribution in [1.29, 1.82) is 0 Å². The van der Waals surface area contributed by atoms with Gasteiger partial charge in [0.2, 0.25) is 0 Å². The van der Waals surface area contributed by atoms with Crippen LogP contribution in [0, 0.1) is 0 Å². The highest BCUT2D eigenvalue weighted by molar-refractivity contribution is 5.20. The third-order valence-corrected chi connectivity index (χ3v) is 4.24. The van der Waals surface area contributed by atoms with Crippen LogP contribution in [-0.4, -0.2) is 29.5 Å². The van der Waals surface area contributed by atoms with Crippen molar-refractivity contribution in [2.45, 2.75) is 25.2 Å². The van der Waals surface area contributed by atoms with Crippen molar-refractivity contribution in [2.24, 2.45) is 0 Å². The van der Waals surface area contributed by atoms with Gasteiger partial charge in [0.25, 0.3) is 0 Å². The van der Waals surface area contributed by atoms with E-state index >= 15 is 0 Å². The molecule has 20 heavy (non-hydrogen) atoms. The van der Waals surface area contributed by atoms with Crippen LogP contribution in [0.25, 0.3) is 0 Å². The lowest BCUT2D eigenvalue weighted by Crippen LogP contribution is -2.35. The fourth-order valence-corrected chi connectivity index (χ4v) is 3.09. The van der Waals surface area contributed by atoms with Crippen molar-refractivity contribution < 1.29 is 0 Å². The molecule has 0 aliphatic carbocycles. The SMILES string of the molecule is c1ccc(C2CCCN(CCc3ccncc3)C2)cc1. The average molecular weight is 266 g/mol. The van der Waals surface area contributed by atoms with E-state index in [4.69, 9.17) is 0 Å². The molecule has 0 saturated carbocycles. The standard InChI is InChI=1S/C18H22N2/c1-2-5-17(6-3-1)18-7-4-13-20(15-18)14-10-16-8-11-19-12-9-16/h1-3,5-6,8-9,11-12,18H,4,7,10,13-15H2. The Hall–Kier alpha value is -1.67. The molecular weight excluding hydrogens is 244 g/mol. The number of hydrogen-bond acceptors (Lipinski definition) is 2. The van der Waals surface area contributed by atoms with Gasteiger partial charge >= 0.3 is 0 Å². The highest BCUT2D eigenvalue weighted by atomic mass is 15.1. The molecule has 0 radical (unpaired) electrons. The first-order valence-corrected chi connectivity index (χ1v) is 7.58. The molecule has 0 spiro atoms. The predicted molar refractivity (Wildman–Crippen MR) is 82.8 cm³/mol. The number of benzene rings is 1. The van der Waals surface area contributed by atoms with E-state index in [0.717, 1.165) is 13.0 Å². The Labute approximate surface area is 121 Å². The van der Waals surface area contributed by atoms with Gasteiger partial charge in [-0.2, -0.15) is 0 Å². The summed E-state index contributed by atoms with van der Waals surface area (Å²) in [6.45, 7) is 3.61. The molecule has 1 aliphatic heterocycles. The molecule has 2 nitrogen and oxygen atoms in total. The minimum absolute atomic E-state index is 0.711. The van der Waals surface area contributed by atoms with Gasteiger partial charge in [0, 0.05) is 25.5 Å². The summed E-state index contributed by atoms with van der Waals surface area (Å²) in [6, 6.07) is 15.2. The van der Waals surface area contributed by atoms with Gasteiger partial charge in [-0.3, -0.25) is 4.98 Å². The van der Waals surface area contributed by atoms with Crippen LogP contribution in [0.15, 0.2) is 54.9 Å². The number of hydrogen-bond donors (Lipinski definition) is 0. The predicted octanol–water partition coefficient (Wildman–Crippen LogP) is 3.50. The number of pyridine rings is 1. The fourth-order valence-electron chi connectivity index (χ4n) is 3.09. The van der Waals surface area contributed by atoms with E-state index in [2.05, 4.69) is 52.3 Å². The van der Waals surface area contributed by atoms with Crippen LogP contribution < -0.4 is 0 Å². The second-order valence-electron chi connectivity index (χ2n) is 5.66. The van der Waals surface area contributed by atoms with E-state index in [9.17, 15) is 0 Å². The maximum absolute atomic E-state index is 4.08. The van der Waals surface area contributed by atoms with E-state index in [1.165, 1.54) is 37.1 Å². The molecular formula is C18H22N2. The Bertz CT molecular complexity index is 509. The second kappa shape index (κ2) is 6.67. The van der Waals surface area contributed by atoms with Crippen LogP contribution >= 0.6 is 0 Å². The van der Waals surface area contributed by atoms with Gasteiger partial charge in [-0.25, -0.2) is 0 Å². The van der Waals surface area contributed by atoms with Crippen LogP contribution in [0.1, 0.15) is 29.9 Å². The Morgan fingerprint density at radius 2 is 1.85 bits per heavy atom. The summed E-state index contributed by atoms with van der Waals surface area (Å²) >= 11 is 0. The van der Waals surface area contributed by atoms with Crippen molar-refractivity contribution in [3.8, 4) is 0 Å². The van der Waals surface area contributed by atoms with Gasteiger partial charge in [-0.1, -0.05) is 30.3 Å². The molecule has 1 unspecified atom stereocenters. The molecule has 1 aromatic heterocycles. The van der Waals surface area contributed by atoms with E-state index in [1.54, 1.807) is 0 Å². The average Bonchev–Trinajstić information content (AvgIpc) is 2.55. The largest absolute Gasteiger partial charge is 0.302 e. The first-order valence-electron chi connectivity index (χ1n) is 7.58. The van der Waals surface area contributed by atoms with Crippen LogP contribution in [-0.2, 0) is 6.42 Å². The minimum Gasteiger partial charge on any atom is -0.302 e. The number of rotatable bonds is 4. The van der Waals surface area contributed by atoms with Gasteiger partial charge < -0.3 is 4.90 Å². The summed E-state index contributed by atoms with van der Waals surface area (Å²) in [5.41, 5.74) is 2.89. The molecule has 0 amide bonds. The maximum Gasteiger partial charge on any atom is 0.0270 e. The van der Waals surface area contributed by atoms with Crippen LogP contribution in [0.4, 0.5) is 0 Å². The van der Waals surface area contributed by atoms with Gasteiger partial charge in [0.1, 0.15) is 0 Å². The molecule has 0 N–H and O–H groups in total. The van der Waals surface area contributed by atoms with E-state index in [1.807, 2.05) is 12.4 Å². The lowest BCUT2D eigenvalue weighted by molar-refractivity contribution is 0.210. The maximum atomic E-state index is 4.08. The third kappa shape index (κ3) is 3.45. The molecule has 3 rings (SSSR count). The Morgan fingerprint density at radius 1 is 1.05 bits per heavy atom. The number of aromatic nitrogens is 1. The quantitative estimate of drug-likeness (QED) is 0.842. The van der Waals surface area contributed by atoms with Crippen LogP contribution in [0.5, 0.6) is 0 Å². The number of nitrogens with zero attached hydrogens (tertiary/aromatic N) is 2. The lowest BCUT2D eigenvalue weighted by atomic mass is 9.90. The molecule has 2 heteroatoms. The molecule has 104 valence electrons. The van der Waals surface area contributed by atoms with Crippen molar-refractivity contribution in [1.82, 2.24) is 9.88 Å². The zero-order valence-corrected chi connectivity index (χ0v) is 11.9. The van der Waals surface area contributed by atoms with Crippen molar-refractivity contribution in [2.75, 3.05) is 19.6 Å². The first-order chi connectivity index (χ1) is 9.92. The summed E-state index contributed by atoms with van der Waals surface area (Å²) in [5, 5.41) is 0. The van der Waals surface area contributed by atoms with Crippen molar-refractivity contribution >= 4 is 0 Å². The lowest BCUT2D eigenvalue weighted by Gasteiger charge is -2.33. The molecule has 0 bridgehead atoms. The normalized spacial score (nSPS) is 19.9. The topological polar surface area (TPSA) is 16.1 Å². The highest BCUT2D eigenvalue weighted by Crippen LogP contribution is 2.26. The zero-order chi connectivity index (χ0) is 13.6. The van der Waals surface area contributed by atoms with Gasteiger partial charge in [-0.05, 0) is 55.0 Å². The molecule has 2 aromatic rings. The monoisotopic (exact) mass is 266 g/mol. The molecule has 1 fully saturated rings. The molecule has 1 saturated heterocycles. The summed E-state index contributed by atoms with van der Waals surface area (Å²) < 4.78 is 0. The van der Waals surface area contributed by atoms with Crippen molar-refractivity contribution in [3.63, 3.8) is 0 Å². The van der Waals surface area contributed by atoms with Gasteiger partial charge in [0.15, 0.2) is 0 Å². The third-order valence-electron chi connectivity index (χ3n) is 4.24. The summed E-state index contributed by atoms with van der Waals surface area (Å²) in [5.74, 6) is 0.711. The van der Waals surface area contributed by atoms with E-state index in [0.29, 0.717) is 5.92 Å². The van der Waals surface area contributed by atoms with E-state index < -0.39 is 0 Å². The first kappa shape index (κ1) is 13.3. The molecule has 1 aromatic carbocycles. The Kier molecular flexibility index (Phi) is 4.44. The summed E-state index contributed by atoms with van der Waals surface area (Å²) in [6.07, 6.45) is 7.55. The fraction of sp³-hybridized carbons (Fsp3) is 0.389. The smallest absolute Gasteiger partial charge is 0.0270 e. The molecule has 1 aliphatic rings. The Balaban J connectivity index is 1.56. The van der Waals surface area contributed by atoms with Crippen LogP contribution in [0.2, 0.25) is 0 Å². The molecule has 1 atom stereocenters. The minimum atomic E-state index is 0.711. The van der Waals surface area contributed by atoms with Gasteiger partial charge in [0.05, 0.1) is 0 Å².